The van der Waals surface area contributed by atoms with Crippen LogP contribution in [0.1, 0.15) is 18.4 Å². The van der Waals surface area contributed by atoms with Crippen molar-refractivity contribution in [2.24, 2.45) is 0 Å². The normalized spacial score (nSPS) is 20.2. The first-order chi connectivity index (χ1) is 9.22. The van der Waals surface area contributed by atoms with E-state index >= 15 is 0 Å². The van der Waals surface area contributed by atoms with Crippen LogP contribution in [0, 0.1) is 5.82 Å². The van der Waals surface area contributed by atoms with E-state index in [1.807, 2.05) is 19.2 Å². The highest BCUT2D eigenvalue weighted by atomic mass is 19.1. The van der Waals surface area contributed by atoms with Gasteiger partial charge in [0.05, 0.1) is 5.60 Å². The third kappa shape index (κ3) is 3.14. The maximum atomic E-state index is 13.8. The molecule has 1 saturated heterocycles. The fourth-order valence-corrected chi connectivity index (χ4v) is 2.85. The van der Waals surface area contributed by atoms with Gasteiger partial charge in [0.25, 0.3) is 0 Å². The summed E-state index contributed by atoms with van der Waals surface area (Å²) in [5, 5.41) is 3.29. The van der Waals surface area contributed by atoms with Gasteiger partial charge in [-0.05, 0) is 25.1 Å². The second-order valence-corrected chi connectivity index (χ2v) is 5.02. The highest BCUT2D eigenvalue weighted by Gasteiger charge is 2.40. The van der Waals surface area contributed by atoms with Crippen molar-refractivity contribution >= 4 is 0 Å². The number of hydrogen-bond donors (Lipinski definition) is 1. The minimum atomic E-state index is -0.269. The molecule has 1 N–H and O–H groups in total. The van der Waals surface area contributed by atoms with Gasteiger partial charge in [0, 0.05) is 39.2 Å². The molecule has 1 unspecified atom stereocenters. The molecule has 1 heterocycles. The average molecular weight is 267 g/mol. The maximum absolute atomic E-state index is 13.8. The summed E-state index contributed by atoms with van der Waals surface area (Å²) in [4.78, 5) is 0. The van der Waals surface area contributed by atoms with Gasteiger partial charge in [0.1, 0.15) is 5.82 Å². The molecule has 0 bridgehead atoms. The van der Waals surface area contributed by atoms with E-state index in [0.717, 1.165) is 18.4 Å². The molecule has 2 rings (SSSR count). The molecule has 0 amide bonds. The number of halogens is 1. The summed E-state index contributed by atoms with van der Waals surface area (Å²) in [7, 11) is 3.64. The van der Waals surface area contributed by atoms with E-state index in [9.17, 15) is 4.39 Å². The third-order valence-corrected chi connectivity index (χ3v) is 4.11. The largest absolute Gasteiger partial charge is 0.381 e. The van der Waals surface area contributed by atoms with Crippen LogP contribution >= 0.6 is 0 Å². The van der Waals surface area contributed by atoms with Crippen LogP contribution < -0.4 is 5.32 Å². The second-order valence-electron chi connectivity index (χ2n) is 5.02. The number of ether oxygens (including phenoxy) is 2. The summed E-state index contributed by atoms with van der Waals surface area (Å²) < 4.78 is 25.0. The molecular weight excluding hydrogens is 245 g/mol. The van der Waals surface area contributed by atoms with Crippen LogP contribution in [0.25, 0.3) is 0 Å². The molecule has 1 aromatic carbocycles. The molecule has 0 saturated carbocycles. The lowest BCUT2D eigenvalue weighted by Crippen LogP contribution is -2.55. The van der Waals surface area contributed by atoms with Crippen LogP contribution in [-0.4, -0.2) is 39.0 Å². The van der Waals surface area contributed by atoms with Crippen molar-refractivity contribution in [2.75, 3.05) is 27.4 Å². The molecule has 19 heavy (non-hydrogen) atoms. The average Bonchev–Trinajstić information content (AvgIpc) is 2.47. The molecule has 0 radical (unpaired) electrons. The Balaban J connectivity index is 2.17. The Morgan fingerprint density at radius 2 is 2.05 bits per heavy atom. The Hall–Kier alpha value is -0.970. The monoisotopic (exact) mass is 267 g/mol. The van der Waals surface area contributed by atoms with Gasteiger partial charge in [-0.25, -0.2) is 4.39 Å². The highest BCUT2D eigenvalue weighted by molar-refractivity contribution is 5.19. The van der Waals surface area contributed by atoms with Gasteiger partial charge >= 0.3 is 0 Å². The first-order valence-electron chi connectivity index (χ1n) is 6.75. The fraction of sp³-hybridized carbons (Fsp3) is 0.600. The van der Waals surface area contributed by atoms with Gasteiger partial charge in [-0.3, -0.25) is 0 Å². The molecule has 1 fully saturated rings. The Morgan fingerprint density at radius 3 is 2.63 bits per heavy atom. The highest BCUT2D eigenvalue weighted by Crippen LogP contribution is 2.30. The van der Waals surface area contributed by atoms with Gasteiger partial charge in [-0.15, -0.1) is 0 Å². The molecule has 1 aliphatic heterocycles. The van der Waals surface area contributed by atoms with Gasteiger partial charge in [-0.1, -0.05) is 18.2 Å². The number of methoxy groups -OCH3 is 1. The molecule has 1 aliphatic rings. The third-order valence-electron chi connectivity index (χ3n) is 4.11. The predicted octanol–water partition coefficient (Wildman–Crippen LogP) is 2.15. The zero-order chi connectivity index (χ0) is 13.7. The van der Waals surface area contributed by atoms with Gasteiger partial charge in [0.2, 0.25) is 0 Å². The van der Waals surface area contributed by atoms with Crippen LogP contribution in [0.5, 0.6) is 0 Å². The fourth-order valence-electron chi connectivity index (χ4n) is 2.85. The summed E-state index contributed by atoms with van der Waals surface area (Å²) in [5.41, 5.74) is 0.458. The van der Waals surface area contributed by atoms with E-state index in [0.29, 0.717) is 19.6 Å². The van der Waals surface area contributed by atoms with Crippen LogP contribution in [0.3, 0.4) is 0 Å². The quantitative estimate of drug-likeness (QED) is 0.886. The number of benzene rings is 1. The molecule has 106 valence electrons. The van der Waals surface area contributed by atoms with Crippen molar-refractivity contribution in [3.63, 3.8) is 0 Å². The van der Waals surface area contributed by atoms with Crippen molar-refractivity contribution in [1.29, 1.82) is 0 Å². The van der Waals surface area contributed by atoms with Gasteiger partial charge < -0.3 is 14.8 Å². The summed E-state index contributed by atoms with van der Waals surface area (Å²) in [6.07, 6.45) is 2.30. The number of nitrogens with one attached hydrogen (secondary N) is 1. The van der Waals surface area contributed by atoms with E-state index < -0.39 is 0 Å². The lowest BCUT2D eigenvalue weighted by molar-refractivity contribution is -0.109. The zero-order valence-electron chi connectivity index (χ0n) is 11.6. The zero-order valence-corrected chi connectivity index (χ0v) is 11.6. The SMILES string of the molecule is CNC(Cc1ccccc1F)C1(OC)CCOCC1. The minimum absolute atomic E-state index is 0.0818. The Kier molecular flexibility index (Phi) is 4.91. The first-order valence-corrected chi connectivity index (χ1v) is 6.75. The van der Waals surface area contributed by atoms with Crippen molar-refractivity contribution in [1.82, 2.24) is 5.32 Å². The topological polar surface area (TPSA) is 30.5 Å². The van der Waals surface area contributed by atoms with E-state index in [1.165, 1.54) is 6.07 Å². The lowest BCUT2D eigenvalue weighted by Gasteiger charge is -2.42. The van der Waals surface area contributed by atoms with Crippen molar-refractivity contribution in [3.05, 3.63) is 35.6 Å². The Labute approximate surface area is 114 Å². The second kappa shape index (κ2) is 6.46. The summed E-state index contributed by atoms with van der Waals surface area (Å²) in [6.45, 7) is 1.40. The van der Waals surface area contributed by atoms with Crippen LogP contribution in [0.4, 0.5) is 4.39 Å². The van der Waals surface area contributed by atoms with Crippen molar-refractivity contribution in [3.8, 4) is 0 Å². The van der Waals surface area contributed by atoms with Gasteiger partial charge in [0.15, 0.2) is 0 Å². The van der Waals surface area contributed by atoms with Crippen LogP contribution in [0.2, 0.25) is 0 Å². The van der Waals surface area contributed by atoms with E-state index in [2.05, 4.69) is 5.32 Å². The standard InChI is InChI=1S/C15H22FNO2/c1-17-14(11-12-5-3-4-6-13(12)16)15(18-2)7-9-19-10-8-15/h3-6,14,17H,7-11H2,1-2H3. The predicted molar refractivity (Wildman–Crippen MR) is 72.7 cm³/mol. The molecular formula is C15H22FNO2. The summed E-state index contributed by atoms with van der Waals surface area (Å²) >= 11 is 0. The van der Waals surface area contributed by atoms with E-state index in [4.69, 9.17) is 9.47 Å². The first kappa shape index (κ1) is 14.4. The molecule has 3 nitrogen and oxygen atoms in total. The minimum Gasteiger partial charge on any atom is -0.381 e. The number of rotatable bonds is 5. The lowest BCUT2D eigenvalue weighted by atomic mass is 9.82. The number of hydrogen-bond acceptors (Lipinski definition) is 3. The molecule has 0 aromatic heterocycles. The van der Waals surface area contributed by atoms with Crippen molar-refractivity contribution in [2.45, 2.75) is 30.9 Å². The maximum Gasteiger partial charge on any atom is 0.126 e. The Morgan fingerprint density at radius 1 is 1.37 bits per heavy atom. The van der Waals surface area contributed by atoms with Crippen LogP contribution in [0.15, 0.2) is 24.3 Å². The van der Waals surface area contributed by atoms with Crippen LogP contribution in [-0.2, 0) is 15.9 Å². The molecule has 4 heteroatoms. The van der Waals surface area contributed by atoms with E-state index in [-0.39, 0.29) is 17.5 Å². The summed E-state index contributed by atoms with van der Waals surface area (Å²) in [6, 6.07) is 7.01. The van der Waals surface area contributed by atoms with E-state index in [1.54, 1.807) is 13.2 Å². The summed E-state index contributed by atoms with van der Waals surface area (Å²) in [5.74, 6) is -0.152. The molecule has 1 atom stereocenters. The van der Waals surface area contributed by atoms with Crippen molar-refractivity contribution < 1.29 is 13.9 Å². The Bertz CT molecular complexity index is 405. The molecule has 1 aromatic rings. The molecule has 0 aliphatic carbocycles. The smallest absolute Gasteiger partial charge is 0.126 e. The van der Waals surface area contributed by atoms with Gasteiger partial charge in [-0.2, -0.15) is 0 Å². The number of likely N-dealkylation sites (N-methyl/N-ethyl adjacent to an activating group) is 1. The molecule has 0 spiro atoms.